The summed E-state index contributed by atoms with van der Waals surface area (Å²) < 4.78 is 5.42. The molecule has 1 aliphatic heterocycles. The van der Waals surface area contributed by atoms with Crippen LogP contribution in [-0.4, -0.2) is 35.9 Å². The molecule has 164 valence electrons. The van der Waals surface area contributed by atoms with Crippen molar-refractivity contribution in [1.82, 2.24) is 4.90 Å². The van der Waals surface area contributed by atoms with Gasteiger partial charge in [0, 0.05) is 18.5 Å². The van der Waals surface area contributed by atoms with Gasteiger partial charge in [-0.3, -0.25) is 9.59 Å². The predicted molar refractivity (Wildman–Crippen MR) is 118 cm³/mol. The highest BCUT2D eigenvalue weighted by molar-refractivity contribution is 6.04. The predicted octanol–water partition coefficient (Wildman–Crippen LogP) is 3.14. The van der Waals surface area contributed by atoms with E-state index in [9.17, 15) is 14.4 Å². The number of amides is 3. The lowest BCUT2D eigenvalue weighted by Gasteiger charge is -2.27. The van der Waals surface area contributed by atoms with Crippen LogP contribution in [0.4, 0.5) is 16.2 Å². The molecule has 2 aromatic rings. The molecular formula is C23H28N4O4. The number of rotatable bonds is 5. The second-order valence-corrected chi connectivity index (χ2v) is 8.03. The molecule has 8 heteroatoms. The van der Waals surface area contributed by atoms with Crippen molar-refractivity contribution in [2.24, 2.45) is 11.1 Å². The average molecular weight is 425 g/mol. The van der Waals surface area contributed by atoms with Gasteiger partial charge in [-0.1, -0.05) is 43.3 Å². The Morgan fingerprint density at radius 2 is 1.81 bits per heavy atom. The van der Waals surface area contributed by atoms with Gasteiger partial charge in [0.1, 0.15) is 6.61 Å². The van der Waals surface area contributed by atoms with Crippen LogP contribution in [0.1, 0.15) is 42.1 Å². The zero-order valence-electron chi connectivity index (χ0n) is 17.6. The van der Waals surface area contributed by atoms with Gasteiger partial charge >= 0.3 is 6.09 Å². The number of nitrogens with zero attached hydrogens (tertiary/aromatic N) is 1. The lowest BCUT2D eigenvalue weighted by Crippen LogP contribution is -2.36. The summed E-state index contributed by atoms with van der Waals surface area (Å²) in [7, 11) is 0. The number of primary amides is 1. The van der Waals surface area contributed by atoms with Crippen molar-refractivity contribution in [2.75, 3.05) is 24.1 Å². The van der Waals surface area contributed by atoms with E-state index in [2.05, 4.69) is 5.32 Å². The van der Waals surface area contributed by atoms with Crippen molar-refractivity contribution in [2.45, 2.75) is 32.8 Å². The van der Waals surface area contributed by atoms with Crippen molar-refractivity contribution in [3.8, 4) is 0 Å². The number of nitrogen functional groups attached to an aromatic ring is 1. The fraction of sp³-hybridized carbons (Fsp3) is 0.348. The Labute approximate surface area is 181 Å². The van der Waals surface area contributed by atoms with Crippen LogP contribution in [0.3, 0.4) is 0 Å². The first-order chi connectivity index (χ1) is 14.8. The van der Waals surface area contributed by atoms with Crippen LogP contribution in [0.25, 0.3) is 0 Å². The molecule has 1 unspecified atom stereocenters. The Bertz CT molecular complexity index is 963. The number of carbonyl (C=O) groups is 3. The van der Waals surface area contributed by atoms with E-state index < -0.39 is 11.3 Å². The maximum atomic E-state index is 13.0. The molecule has 1 fully saturated rings. The second kappa shape index (κ2) is 9.51. The normalized spacial score (nSPS) is 18.7. The number of hydrogen-bond acceptors (Lipinski definition) is 5. The molecule has 1 atom stereocenters. The SMILES string of the molecule is CC1(C(=O)Nc2cccc(C(N)=O)c2N)CCCN(C(=O)OCc2ccccc2)CC1. The fourth-order valence-corrected chi connectivity index (χ4v) is 3.66. The smallest absolute Gasteiger partial charge is 0.410 e. The van der Waals surface area contributed by atoms with Crippen LogP contribution >= 0.6 is 0 Å². The van der Waals surface area contributed by atoms with E-state index in [0.717, 1.165) is 5.56 Å². The van der Waals surface area contributed by atoms with Gasteiger partial charge in [-0.2, -0.15) is 0 Å². The van der Waals surface area contributed by atoms with E-state index >= 15 is 0 Å². The van der Waals surface area contributed by atoms with Crippen molar-refractivity contribution in [3.05, 3.63) is 59.7 Å². The van der Waals surface area contributed by atoms with Crippen molar-refractivity contribution < 1.29 is 19.1 Å². The van der Waals surface area contributed by atoms with Gasteiger partial charge in [-0.15, -0.1) is 0 Å². The zero-order chi connectivity index (χ0) is 22.4. The largest absolute Gasteiger partial charge is 0.445 e. The summed E-state index contributed by atoms with van der Waals surface area (Å²) >= 11 is 0. The van der Waals surface area contributed by atoms with Crippen LogP contribution in [0, 0.1) is 5.41 Å². The third kappa shape index (κ3) is 5.33. The topological polar surface area (TPSA) is 128 Å². The minimum atomic E-state index is -0.691. The van der Waals surface area contributed by atoms with Gasteiger partial charge < -0.3 is 26.4 Å². The number of nitrogens with one attached hydrogen (secondary N) is 1. The lowest BCUT2D eigenvalue weighted by molar-refractivity contribution is -0.125. The monoisotopic (exact) mass is 424 g/mol. The molecule has 0 bridgehead atoms. The molecule has 3 amide bonds. The third-order valence-corrected chi connectivity index (χ3v) is 5.72. The molecule has 0 saturated carbocycles. The highest BCUT2D eigenvalue weighted by atomic mass is 16.6. The third-order valence-electron chi connectivity index (χ3n) is 5.72. The molecule has 2 aromatic carbocycles. The van der Waals surface area contributed by atoms with Crippen LogP contribution < -0.4 is 16.8 Å². The van der Waals surface area contributed by atoms with Crippen LogP contribution in [0.2, 0.25) is 0 Å². The molecule has 1 heterocycles. The number of likely N-dealkylation sites (tertiary alicyclic amines) is 1. The van der Waals surface area contributed by atoms with Crippen molar-refractivity contribution in [3.63, 3.8) is 0 Å². The van der Waals surface area contributed by atoms with Crippen LogP contribution in [0.5, 0.6) is 0 Å². The first-order valence-corrected chi connectivity index (χ1v) is 10.3. The molecule has 3 rings (SSSR count). The fourth-order valence-electron chi connectivity index (χ4n) is 3.66. The van der Waals surface area contributed by atoms with Crippen molar-refractivity contribution >= 4 is 29.3 Å². The Balaban J connectivity index is 1.61. The van der Waals surface area contributed by atoms with E-state index in [1.54, 1.807) is 17.0 Å². The minimum Gasteiger partial charge on any atom is -0.445 e. The Kier molecular flexibility index (Phi) is 6.79. The number of carbonyl (C=O) groups excluding carboxylic acids is 3. The molecule has 1 saturated heterocycles. The number of hydrogen-bond donors (Lipinski definition) is 3. The van der Waals surface area contributed by atoms with E-state index in [1.165, 1.54) is 6.07 Å². The first kappa shape index (κ1) is 22.1. The van der Waals surface area contributed by atoms with E-state index in [1.807, 2.05) is 37.3 Å². The van der Waals surface area contributed by atoms with E-state index in [4.69, 9.17) is 16.2 Å². The molecule has 0 aliphatic carbocycles. The summed E-state index contributed by atoms with van der Waals surface area (Å²) in [4.78, 5) is 38.7. The van der Waals surface area contributed by atoms with Gasteiger partial charge in [-0.25, -0.2) is 4.79 Å². The van der Waals surface area contributed by atoms with Crippen LogP contribution in [-0.2, 0) is 16.1 Å². The highest BCUT2D eigenvalue weighted by Crippen LogP contribution is 2.34. The number of para-hydroxylation sites is 1. The van der Waals surface area contributed by atoms with E-state index in [0.29, 0.717) is 38.0 Å². The van der Waals surface area contributed by atoms with Crippen molar-refractivity contribution in [1.29, 1.82) is 0 Å². The molecule has 5 N–H and O–H groups in total. The summed E-state index contributed by atoms with van der Waals surface area (Å²) in [6, 6.07) is 14.3. The number of nitrogens with two attached hydrogens (primary N) is 2. The number of benzene rings is 2. The summed E-state index contributed by atoms with van der Waals surface area (Å²) in [6.45, 7) is 3.02. The molecule has 1 aliphatic rings. The maximum absolute atomic E-state index is 13.0. The van der Waals surface area contributed by atoms with Gasteiger partial charge in [-0.05, 0) is 37.0 Å². The zero-order valence-corrected chi connectivity index (χ0v) is 17.6. The summed E-state index contributed by atoms with van der Waals surface area (Å²) in [5, 5.41) is 2.83. The number of ether oxygens (including phenoxy) is 1. The van der Waals surface area contributed by atoms with Gasteiger partial charge in [0.15, 0.2) is 0 Å². The summed E-state index contributed by atoms with van der Waals surface area (Å²) in [5.74, 6) is -0.862. The highest BCUT2D eigenvalue weighted by Gasteiger charge is 2.36. The van der Waals surface area contributed by atoms with Gasteiger partial charge in [0.05, 0.1) is 16.9 Å². The first-order valence-electron chi connectivity index (χ1n) is 10.3. The molecule has 0 spiro atoms. The average Bonchev–Trinajstić information content (AvgIpc) is 2.96. The van der Waals surface area contributed by atoms with Gasteiger partial charge in [0.2, 0.25) is 5.91 Å². The van der Waals surface area contributed by atoms with E-state index in [-0.39, 0.29) is 29.9 Å². The Hall–Kier alpha value is -3.55. The maximum Gasteiger partial charge on any atom is 0.410 e. The molecule has 8 nitrogen and oxygen atoms in total. The Morgan fingerprint density at radius 1 is 1.06 bits per heavy atom. The lowest BCUT2D eigenvalue weighted by atomic mass is 9.82. The second-order valence-electron chi connectivity index (χ2n) is 8.03. The molecule has 31 heavy (non-hydrogen) atoms. The van der Waals surface area contributed by atoms with Crippen LogP contribution in [0.15, 0.2) is 48.5 Å². The number of anilines is 2. The molecule has 0 aromatic heterocycles. The molecular weight excluding hydrogens is 396 g/mol. The summed E-state index contributed by atoms with van der Waals surface area (Å²) in [6.07, 6.45) is 1.37. The quantitative estimate of drug-likeness (QED) is 0.635. The molecule has 0 radical (unpaired) electrons. The summed E-state index contributed by atoms with van der Waals surface area (Å²) in [5.41, 5.74) is 12.2. The standard InChI is InChI=1S/C23H28N4O4/c1-23(21(29)26-18-10-5-9-17(19(18)24)20(25)28)11-6-13-27(14-12-23)22(30)31-15-16-7-3-2-4-8-16/h2-5,7-10H,6,11-15,24H2,1H3,(H2,25,28)(H,26,29). The van der Waals surface area contributed by atoms with Gasteiger partial charge in [0.25, 0.3) is 5.91 Å². The minimum absolute atomic E-state index is 0.145. The Morgan fingerprint density at radius 3 is 2.52 bits per heavy atom.